The molecular formula is C38H51N5O5. The van der Waals surface area contributed by atoms with Crippen molar-refractivity contribution in [1.29, 1.82) is 0 Å². The molecule has 2 unspecified atom stereocenters. The summed E-state index contributed by atoms with van der Waals surface area (Å²) < 4.78 is 0. The normalized spacial score (nSPS) is 12.2. The largest absolute Gasteiger partial charge is 0.390 e. The van der Waals surface area contributed by atoms with Gasteiger partial charge in [0.2, 0.25) is 5.91 Å². The van der Waals surface area contributed by atoms with Crippen LogP contribution < -0.4 is 10.7 Å². The molecule has 0 aromatic heterocycles. The molecule has 3 aromatic rings. The number of nitrogens with zero attached hydrogens (tertiary/aromatic N) is 3. The Balaban J connectivity index is 1.90. The van der Waals surface area contributed by atoms with E-state index in [0.29, 0.717) is 26.1 Å². The smallest absolute Gasteiger partial charge is 0.253 e. The van der Waals surface area contributed by atoms with Crippen LogP contribution in [0.4, 0.5) is 0 Å². The van der Waals surface area contributed by atoms with Crippen LogP contribution in [-0.4, -0.2) is 96.0 Å². The molecular weight excluding hydrogens is 606 g/mol. The molecule has 10 nitrogen and oxygen atoms in total. The maximum Gasteiger partial charge on any atom is 0.253 e. The first-order valence-electron chi connectivity index (χ1n) is 16.8. The number of carbonyl (C=O) groups is 4. The molecule has 3 N–H and O–H groups in total. The molecule has 258 valence electrons. The van der Waals surface area contributed by atoms with Gasteiger partial charge in [-0.3, -0.25) is 24.6 Å². The van der Waals surface area contributed by atoms with Gasteiger partial charge in [0, 0.05) is 57.0 Å². The number of benzene rings is 3. The average molecular weight is 658 g/mol. The molecule has 4 amide bonds. The van der Waals surface area contributed by atoms with E-state index in [4.69, 9.17) is 0 Å². The van der Waals surface area contributed by atoms with Gasteiger partial charge < -0.3 is 20.2 Å². The Kier molecular flexibility index (Phi) is 15.3. The third-order valence-electron chi connectivity index (χ3n) is 7.84. The minimum absolute atomic E-state index is 0.0675. The topological polar surface area (TPSA) is 122 Å². The van der Waals surface area contributed by atoms with E-state index in [1.54, 1.807) is 24.0 Å². The average Bonchev–Trinajstić information content (AvgIpc) is 3.07. The predicted molar refractivity (Wildman–Crippen MR) is 189 cm³/mol. The molecule has 0 fully saturated rings. The molecule has 0 spiro atoms. The lowest BCUT2D eigenvalue weighted by molar-refractivity contribution is -0.126. The quantitative estimate of drug-likeness (QED) is 0.175. The van der Waals surface area contributed by atoms with Crippen LogP contribution in [0.1, 0.15) is 82.2 Å². The van der Waals surface area contributed by atoms with E-state index in [1.807, 2.05) is 81.4 Å². The van der Waals surface area contributed by atoms with Gasteiger partial charge in [-0.1, -0.05) is 81.4 Å². The highest BCUT2D eigenvalue weighted by Crippen LogP contribution is 2.17. The molecule has 3 rings (SSSR count). The van der Waals surface area contributed by atoms with E-state index >= 15 is 0 Å². The fourth-order valence-electron chi connectivity index (χ4n) is 5.52. The van der Waals surface area contributed by atoms with Crippen LogP contribution >= 0.6 is 0 Å². The zero-order chi connectivity index (χ0) is 35.1. The van der Waals surface area contributed by atoms with E-state index < -0.39 is 18.1 Å². The van der Waals surface area contributed by atoms with Gasteiger partial charge in [-0.15, -0.1) is 0 Å². The van der Waals surface area contributed by atoms with Crippen LogP contribution in [0.3, 0.4) is 0 Å². The van der Waals surface area contributed by atoms with Gasteiger partial charge in [0.05, 0.1) is 18.6 Å². The molecule has 0 saturated carbocycles. The molecule has 10 heteroatoms. The van der Waals surface area contributed by atoms with E-state index in [9.17, 15) is 24.3 Å². The van der Waals surface area contributed by atoms with Gasteiger partial charge >= 0.3 is 0 Å². The van der Waals surface area contributed by atoms with Crippen LogP contribution in [0.15, 0.2) is 78.9 Å². The van der Waals surface area contributed by atoms with Gasteiger partial charge in [0.15, 0.2) is 0 Å². The standard InChI is InChI=1S/C38H51N5O5/c1-6-19-42(20-7-2)38(48)32-25-30(24-31(26-32)37(47)41(4)5)36(46)39-33(22-28-15-11-9-12-16-28)34(44)27-43(21-8-3)40-35(45)23-29-17-13-10-14-18-29/h9-18,24-26,33-34,44H,6-8,19-23,27H2,1-5H3,(H,39,46)(H,40,45). The number of hydrogen-bond acceptors (Lipinski definition) is 6. The molecule has 0 bridgehead atoms. The Morgan fingerprint density at radius 3 is 1.77 bits per heavy atom. The summed E-state index contributed by atoms with van der Waals surface area (Å²) in [6.45, 7) is 7.65. The Bertz CT molecular complexity index is 1480. The first-order chi connectivity index (χ1) is 23.1. The molecule has 0 aliphatic heterocycles. The number of aliphatic hydroxyl groups is 1. The summed E-state index contributed by atoms with van der Waals surface area (Å²) in [5, 5.41) is 16.3. The summed E-state index contributed by atoms with van der Waals surface area (Å²) in [5.74, 6) is -1.31. The van der Waals surface area contributed by atoms with Crippen molar-refractivity contribution >= 4 is 23.6 Å². The number of aliphatic hydroxyl groups excluding tert-OH is 1. The molecule has 48 heavy (non-hydrogen) atoms. The van der Waals surface area contributed by atoms with Crippen molar-refractivity contribution in [3.05, 3.63) is 107 Å². The zero-order valence-electron chi connectivity index (χ0n) is 28.9. The van der Waals surface area contributed by atoms with Crippen molar-refractivity contribution in [1.82, 2.24) is 25.6 Å². The summed E-state index contributed by atoms with van der Waals surface area (Å²) in [7, 11) is 3.23. The second-order valence-electron chi connectivity index (χ2n) is 12.3. The SMILES string of the molecule is CCCN(CC(O)C(Cc1ccccc1)NC(=O)c1cc(C(=O)N(C)C)cc(C(=O)N(CCC)CCC)c1)NC(=O)Cc1ccccc1. The Hall–Kier alpha value is -4.54. The number of carbonyl (C=O) groups excluding carboxylic acids is 4. The Morgan fingerprint density at radius 1 is 0.708 bits per heavy atom. The molecule has 0 aliphatic rings. The molecule has 0 radical (unpaired) electrons. The highest BCUT2D eigenvalue weighted by Gasteiger charge is 2.27. The third kappa shape index (κ3) is 11.6. The van der Waals surface area contributed by atoms with Crippen molar-refractivity contribution in [2.75, 3.05) is 40.3 Å². The monoisotopic (exact) mass is 657 g/mol. The van der Waals surface area contributed by atoms with Gasteiger partial charge in [0.1, 0.15) is 0 Å². The first kappa shape index (κ1) is 37.9. The summed E-state index contributed by atoms with van der Waals surface area (Å²) in [6.07, 6.45) is 1.71. The van der Waals surface area contributed by atoms with Crippen molar-refractivity contribution in [3.8, 4) is 0 Å². The minimum atomic E-state index is -1.07. The van der Waals surface area contributed by atoms with Crippen molar-refractivity contribution in [2.24, 2.45) is 0 Å². The van der Waals surface area contributed by atoms with Gasteiger partial charge in [-0.2, -0.15) is 0 Å². The Morgan fingerprint density at radius 2 is 1.23 bits per heavy atom. The molecule has 0 heterocycles. The van der Waals surface area contributed by atoms with E-state index in [1.165, 1.54) is 23.1 Å². The number of amides is 4. The fraction of sp³-hybridized carbons (Fsp3) is 0.421. The van der Waals surface area contributed by atoms with Gasteiger partial charge in [0.25, 0.3) is 17.7 Å². The maximum absolute atomic E-state index is 13.9. The Labute approximate surface area is 285 Å². The summed E-state index contributed by atoms with van der Waals surface area (Å²) in [6, 6.07) is 22.7. The molecule has 0 saturated heterocycles. The molecule has 0 aliphatic carbocycles. The van der Waals surface area contributed by atoms with Crippen molar-refractivity contribution in [3.63, 3.8) is 0 Å². The van der Waals surface area contributed by atoms with Crippen molar-refractivity contribution < 1.29 is 24.3 Å². The highest BCUT2D eigenvalue weighted by atomic mass is 16.3. The van der Waals surface area contributed by atoms with Crippen LogP contribution in [-0.2, 0) is 17.6 Å². The number of hydrogen-bond donors (Lipinski definition) is 3. The summed E-state index contributed by atoms with van der Waals surface area (Å²) >= 11 is 0. The number of nitrogens with one attached hydrogen (secondary N) is 2. The summed E-state index contributed by atoms with van der Waals surface area (Å²) in [5.41, 5.74) is 5.32. The maximum atomic E-state index is 13.9. The summed E-state index contributed by atoms with van der Waals surface area (Å²) in [4.78, 5) is 56.6. The number of rotatable bonds is 18. The van der Waals surface area contributed by atoms with Crippen molar-refractivity contribution in [2.45, 2.75) is 65.0 Å². The minimum Gasteiger partial charge on any atom is -0.390 e. The van der Waals surface area contributed by atoms with Gasteiger partial charge in [-0.25, -0.2) is 5.01 Å². The second-order valence-corrected chi connectivity index (χ2v) is 12.3. The molecule has 2 atom stereocenters. The lowest BCUT2D eigenvalue weighted by atomic mass is 9.99. The lowest BCUT2D eigenvalue weighted by Crippen LogP contribution is -2.53. The lowest BCUT2D eigenvalue weighted by Gasteiger charge is -2.30. The van der Waals surface area contributed by atoms with Gasteiger partial charge in [-0.05, 0) is 55.0 Å². The van der Waals surface area contributed by atoms with Crippen LogP contribution in [0, 0.1) is 0 Å². The van der Waals surface area contributed by atoms with E-state index in [-0.39, 0.29) is 47.4 Å². The first-order valence-corrected chi connectivity index (χ1v) is 16.8. The number of hydrazine groups is 1. The third-order valence-corrected chi connectivity index (χ3v) is 7.84. The fourth-order valence-corrected chi connectivity index (χ4v) is 5.52. The zero-order valence-corrected chi connectivity index (χ0v) is 28.9. The van der Waals surface area contributed by atoms with Crippen LogP contribution in [0.2, 0.25) is 0 Å². The van der Waals surface area contributed by atoms with E-state index in [0.717, 1.165) is 30.4 Å². The predicted octanol–water partition coefficient (Wildman–Crippen LogP) is 4.34. The van der Waals surface area contributed by atoms with E-state index in [2.05, 4.69) is 10.7 Å². The molecule has 3 aromatic carbocycles. The van der Waals surface area contributed by atoms with Crippen LogP contribution in [0.25, 0.3) is 0 Å². The highest BCUT2D eigenvalue weighted by molar-refractivity contribution is 6.04. The van der Waals surface area contributed by atoms with Crippen LogP contribution in [0.5, 0.6) is 0 Å². The second kappa shape index (κ2) is 19.3.